The minimum atomic E-state index is 0.203. The van der Waals surface area contributed by atoms with Crippen molar-refractivity contribution in [1.29, 1.82) is 0 Å². The highest BCUT2D eigenvalue weighted by molar-refractivity contribution is 5.20. The summed E-state index contributed by atoms with van der Waals surface area (Å²) in [6.07, 6.45) is 0. The summed E-state index contributed by atoms with van der Waals surface area (Å²) in [6, 6.07) is 11.4. The van der Waals surface area contributed by atoms with Gasteiger partial charge in [0.05, 0.1) is 0 Å². The van der Waals surface area contributed by atoms with Gasteiger partial charge in [0.25, 0.3) is 0 Å². The summed E-state index contributed by atoms with van der Waals surface area (Å²) in [5.41, 5.74) is 1.64. The smallest absolute Gasteiger partial charge is 0.0476 e. The molecule has 1 N–H and O–H groups in total. The molecule has 0 aliphatic carbocycles. The molecule has 1 fully saturated rings. The molecule has 3 heteroatoms. The lowest BCUT2D eigenvalue weighted by Crippen LogP contribution is -2.50. The second-order valence-corrected chi connectivity index (χ2v) is 6.90. The van der Waals surface area contributed by atoms with E-state index in [1.165, 1.54) is 12.1 Å². The Kier molecular flexibility index (Phi) is 5.19. The van der Waals surface area contributed by atoms with Crippen molar-refractivity contribution in [2.45, 2.75) is 32.4 Å². The van der Waals surface area contributed by atoms with Crippen molar-refractivity contribution in [3.8, 4) is 0 Å². The molecule has 3 nitrogen and oxygen atoms in total. The van der Waals surface area contributed by atoms with Crippen LogP contribution >= 0.6 is 0 Å². The zero-order chi connectivity index (χ0) is 14.6. The Labute approximate surface area is 124 Å². The summed E-state index contributed by atoms with van der Waals surface area (Å²) in [5, 5.41) is 3.60. The molecule has 112 valence electrons. The third-order valence-electron chi connectivity index (χ3n) is 3.93. The molecule has 20 heavy (non-hydrogen) atoms. The van der Waals surface area contributed by atoms with Gasteiger partial charge in [-0.05, 0) is 33.4 Å². The van der Waals surface area contributed by atoms with Crippen molar-refractivity contribution in [1.82, 2.24) is 15.1 Å². The van der Waals surface area contributed by atoms with E-state index in [1.807, 2.05) is 0 Å². The van der Waals surface area contributed by atoms with Gasteiger partial charge in [0.2, 0.25) is 0 Å². The maximum Gasteiger partial charge on any atom is 0.0476 e. The molecule has 1 saturated heterocycles. The quantitative estimate of drug-likeness (QED) is 0.910. The van der Waals surface area contributed by atoms with E-state index >= 15 is 0 Å². The van der Waals surface area contributed by atoms with Gasteiger partial charge in [-0.15, -0.1) is 0 Å². The van der Waals surface area contributed by atoms with Crippen molar-refractivity contribution in [3.05, 3.63) is 35.9 Å². The average molecular weight is 275 g/mol. The SMILES string of the molecule is CN1CCN(CCNC(C)(C)C)C(c2ccccc2)C1. The standard InChI is InChI=1S/C17H29N3/c1-17(2,3)18-10-11-20-13-12-19(4)14-16(20)15-8-6-5-7-9-15/h5-9,16,18H,10-14H2,1-4H3. The number of nitrogens with zero attached hydrogens (tertiary/aromatic N) is 2. The minimum absolute atomic E-state index is 0.203. The van der Waals surface area contributed by atoms with E-state index in [2.05, 4.69) is 73.3 Å². The van der Waals surface area contributed by atoms with E-state index in [0.717, 1.165) is 26.2 Å². The van der Waals surface area contributed by atoms with Gasteiger partial charge in [0.1, 0.15) is 0 Å². The number of hydrogen-bond acceptors (Lipinski definition) is 3. The zero-order valence-electron chi connectivity index (χ0n) is 13.4. The fourth-order valence-electron chi connectivity index (χ4n) is 2.79. The maximum absolute atomic E-state index is 3.60. The Morgan fingerprint density at radius 1 is 1.15 bits per heavy atom. The molecule has 2 rings (SSSR count). The fraction of sp³-hybridized carbons (Fsp3) is 0.647. The topological polar surface area (TPSA) is 18.5 Å². The van der Waals surface area contributed by atoms with Gasteiger partial charge in [0, 0.05) is 44.3 Å². The average Bonchev–Trinajstić information content (AvgIpc) is 2.40. The van der Waals surface area contributed by atoms with Crippen LogP contribution in [0.15, 0.2) is 30.3 Å². The largest absolute Gasteiger partial charge is 0.311 e. The molecule has 1 aromatic rings. The first-order chi connectivity index (χ1) is 9.46. The Morgan fingerprint density at radius 2 is 1.85 bits per heavy atom. The summed E-state index contributed by atoms with van der Waals surface area (Å²) >= 11 is 0. The first-order valence-electron chi connectivity index (χ1n) is 7.68. The lowest BCUT2D eigenvalue weighted by molar-refractivity contribution is 0.0890. The summed E-state index contributed by atoms with van der Waals surface area (Å²) in [5.74, 6) is 0. The maximum atomic E-state index is 3.60. The molecule has 1 aliphatic rings. The second-order valence-electron chi connectivity index (χ2n) is 6.90. The second kappa shape index (κ2) is 6.70. The third-order valence-corrected chi connectivity index (χ3v) is 3.93. The van der Waals surface area contributed by atoms with Crippen LogP contribution in [0.4, 0.5) is 0 Å². The highest BCUT2D eigenvalue weighted by atomic mass is 15.3. The van der Waals surface area contributed by atoms with Crippen LogP contribution in [0.5, 0.6) is 0 Å². The number of rotatable bonds is 4. The van der Waals surface area contributed by atoms with Gasteiger partial charge in [-0.25, -0.2) is 0 Å². The molecule has 0 bridgehead atoms. The van der Waals surface area contributed by atoms with E-state index in [-0.39, 0.29) is 5.54 Å². The molecular formula is C17H29N3. The van der Waals surface area contributed by atoms with E-state index in [9.17, 15) is 0 Å². The van der Waals surface area contributed by atoms with Gasteiger partial charge < -0.3 is 10.2 Å². The number of benzene rings is 1. The molecular weight excluding hydrogens is 246 g/mol. The lowest BCUT2D eigenvalue weighted by atomic mass is 10.0. The van der Waals surface area contributed by atoms with Crippen molar-refractivity contribution >= 4 is 0 Å². The molecule has 0 spiro atoms. The van der Waals surface area contributed by atoms with Crippen LogP contribution in [0.25, 0.3) is 0 Å². The summed E-state index contributed by atoms with van der Waals surface area (Å²) in [7, 11) is 2.22. The third kappa shape index (κ3) is 4.58. The van der Waals surface area contributed by atoms with Crippen LogP contribution in [0.2, 0.25) is 0 Å². The molecule has 0 saturated carbocycles. The molecule has 1 aromatic carbocycles. The molecule has 1 atom stereocenters. The van der Waals surface area contributed by atoms with Crippen LogP contribution in [-0.4, -0.2) is 55.1 Å². The van der Waals surface area contributed by atoms with E-state index < -0.39 is 0 Å². The van der Waals surface area contributed by atoms with E-state index in [0.29, 0.717) is 6.04 Å². The van der Waals surface area contributed by atoms with E-state index in [4.69, 9.17) is 0 Å². The molecule has 1 heterocycles. The first-order valence-corrected chi connectivity index (χ1v) is 7.68. The number of nitrogens with one attached hydrogen (secondary N) is 1. The fourth-order valence-corrected chi connectivity index (χ4v) is 2.79. The van der Waals surface area contributed by atoms with Crippen LogP contribution in [0, 0.1) is 0 Å². The van der Waals surface area contributed by atoms with Gasteiger partial charge >= 0.3 is 0 Å². The monoisotopic (exact) mass is 275 g/mol. The van der Waals surface area contributed by atoms with E-state index in [1.54, 1.807) is 0 Å². The minimum Gasteiger partial charge on any atom is -0.311 e. The van der Waals surface area contributed by atoms with Crippen LogP contribution in [0.1, 0.15) is 32.4 Å². The molecule has 0 amide bonds. The Balaban J connectivity index is 1.98. The molecule has 0 radical (unpaired) electrons. The highest BCUT2D eigenvalue weighted by Crippen LogP contribution is 2.24. The molecule has 1 unspecified atom stereocenters. The Bertz CT molecular complexity index is 396. The van der Waals surface area contributed by atoms with Crippen LogP contribution < -0.4 is 5.32 Å². The van der Waals surface area contributed by atoms with Crippen molar-refractivity contribution in [2.24, 2.45) is 0 Å². The van der Waals surface area contributed by atoms with Crippen molar-refractivity contribution < 1.29 is 0 Å². The van der Waals surface area contributed by atoms with Gasteiger partial charge in [-0.3, -0.25) is 4.90 Å². The van der Waals surface area contributed by atoms with Crippen LogP contribution in [-0.2, 0) is 0 Å². The Hall–Kier alpha value is -0.900. The lowest BCUT2D eigenvalue weighted by Gasteiger charge is -2.40. The normalized spacial score (nSPS) is 22.1. The Morgan fingerprint density at radius 3 is 2.50 bits per heavy atom. The number of likely N-dealkylation sites (N-methyl/N-ethyl adjacent to an activating group) is 1. The highest BCUT2D eigenvalue weighted by Gasteiger charge is 2.26. The first kappa shape index (κ1) is 15.5. The predicted molar refractivity (Wildman–Crippen MR) is 86.0 cm³/mol. The van der Waals surface area contributed by atoms with Crippen molar-refractivity contribution in [3.63, 3.8) is 0 Å². The molecule has 0 aromatic heterocycles. The summed E-state index contributed by atoms with van der Waals surface area (Å²) < 4.78 is 0. The summed E-state index contributed by atoms with van der Waals surface area (Å²) in [6.45, 7) is 12.3. The summed E-state index contributed by atoms with van der Waals surface area (Å²) in [4.78, 5) is 5.05. The van der Waals surface area contributed by atoms with Crippen LogP contribution in [0.3, 0.4) is 0 Å². The zero-order valence-corrected chi connectivity index (χ0v) is 13.4. The van der Waals surface area contributed by atoms with Gasteiger partial charge in [0.15, 0.2) is 0 Å². The van der Waals surface area contributed by atoms with Gasteiger partial charge in [-0.2, -0.15) is 0 Å². The molecule has 1 aliphatic heterocycles. The number of hydrogen-bond donors (Lipinski definition) is 1. The predicted octanol–water partition coefficient (Wildman–Crippen LogP) is 2.36. The number of piperazine rings is 1. The van der Waals surface area contributed by atoms with Gasteiger partial charge in [-0.1, -0.05) is 30.3 Å². The van der Waals surface area contributed by atoms with Crippen molar-refractivity contribution in [2.75, 3.05) is 39.8 Å².